The quantitative estimate of drug-likeness (QED) is 0.260. The van der Waals surface area contributed by atoms with E-state index in [-0.39, 0.29) is 11.9 Å². The van der Waals surface area contributed by atoms with Gasteiger partial charge in [-0.05, 0) is 0 Å². The zero-order valence-electron chi connectivity index (χ0n) is 5.99. The second-order valence-corrected chi connectivity index (χ2v) is 1.55. The second-order valence-electron chi connectivity index (χ2n) is 1.55. The Hall–Kier alpha value is -1.45. The average Bonchev–Trinajstić information content (AvgIpc) is 1.84. The number of anilines is 2. The molecule has 0 spiro atoms. The van der Waals surface area contributed by atoms with Crippen molar-refractivity contribution in [1.82, 2.24) is 15.0 Å². The van der Waals surface area contributed by atoms with Gasteiger partial charge in [0.25, 0.3) is 0 Å². The Morgan fingerprint density at radius 1 is 1.08 bits per heavy atom. The molecule has 0 aliphatic heterocycles. The Labute approximate surface area is 68.1 Å². The molecular formula is C3H8BN5O3. The smallest absolute Gasteiger partial charge is 0.402 e. The molecule has 66 valence electrons. The molecule has 0 amide bonds. The summed E-state index contributed by atoms with van der Waals surface area (Å²) in [5, 5.41) is 21.5. The number of nitrogens with two attached hydrogens (primary N) is 2. The molecule has 8 nitrogen and oxygen atoms in total. The summed E-state index contributed by atoms with van der Waals surface area (Å²) in [7, 11) is -2.17. The summed E-state index contributed by atoms with van der Waals surface area (Å²) in [5.41, 5.74) is 10.2. The first-order valence-corrected chi connectivity index (χ1v) is 2.76. The molecule has 1 rings (SSSR count). The first-order valence-electron chi connectivity index (χ1n) is 2.76. The van der Waals surface area contributed by atoms with E-state index >= 15 is 0 Å². The third-order valence-electron chi connectivity index (χ3n) is 0.609. The van der Waals surface area contributed by atoms with Crippen LogP contribution in [0.15, 0.2) is 6.33 Å². The van der Waals surface area contributed by atoms with Crippen LogP contribution in [0, 0.1) is 0 Å². The van der Waals surface area contributed by atoms with Crippen LogP contribution >= 0.6 is 0 Å². The van der Waals surface area contributed by atoms with Crippen LogP contribution in [0.2, 0.25) is 0 Å². The number of aromatic nitrogens is 3. The van der Waals surface area contributed by atoms with Crippen LogP contribution in [0.25, 0.3) is 0 Å². The molecule has 0 unspecified atom stereocenters. The summed E-state index contributed by atoms with van der Waals surface area (Å²) in [5.74, 6) is 0.301. The molecule has 0 atom stereocenters. The molecule has 1 heterocycles. The normalized spacial score (nSPS) is 8.25. The fourth-order valence-electron chi connectivity index (χ4n) is 0.322. The van der Waals surface area contributed by atoms with Gasteiger partial charge in [-0.2, -0.15) is 4.98 Å². The van der Waals surface area contributed by atoms with Gasteiger partial charge >= 0.3 is 7.32 Å². The van der Waals surface area contributed by atoms with Crippen molar-refractivity contribution < 1.29 is 15.1 Å². The number of nitrogens with zero attached hydrogens (tertiary/aromatic N) is 3. The molecule has 12 heavy (non-hydrogen) atoms. The van der Waals surface area contributed by atoms with Gasteiger partial charge in [0.1, 0.15) is 6.33 Å². The SMILES string of the molecule is Nc1ncnc(N)n1.OB(O)O. The largest absolute Gasteiger partial charge is 0.631 e. The number of rotatable bonds is 0. The second kappa shape index (κ2) is 5.24. The summed E-state index contributed by atoms with van der Waals surface area (Å²) >= 11 is 0. The van der Waals surface area contributed by atoms with Crippen LogP contribution in [-0.2, 0) is 0 Å². The molecule has 0 saturated carbocycles. The van der Waals surface area contributed by atoms with E-state index in [1.165, 1.54) is 6.33 Å². The Balaban J connectivity index is 0.000000261. The van der Waals surface area contributed by atoms with Gasteiger partial charge in [-0.3, -0.25) is 0 Å². The maximum absolute atomic E-state index is 7.17. The predicted octanol–water partition coefficient (Wildman–Crippen LogP) is -3.02. The molecule has 0 aliphatic rings. The summed E-state index contributed by atoms with van der Waals surface area (Å²) in [6.07, 6.45) is 1.26. The van der Waals surface area contributed by atoms with Crippen molar-refractivity contribution >= 4 is 19.2 Å². The fraction of sp³-hybridized carbons (Fsp3) is 0. The fourth-order valence-corrected chi connectivity index (χ4v) is 0.322. The lowest BCUT2D eigenvalue weighted by Crippen LogP contribution is -2.07. The molecule has 1 aromatic heterocycles. The van der Waals surface area contributed by atoms with Crippen molar-refractivity contribution in [3.63, 3.8) is 0 Å². The average molecular weight is 173 g/mol. The molecule has 0 bridgehead atoms. The molecule has 0 saturated heterocycles. The van der Waals surface area contributed by atoms with Crippen molar-refractivity contribution in [3.05, 3.63) is 6.33 Å². The summed E-state index contributed by atoms with van der Waals surface area (Å²) in [6, 6.07) is 0. The maximum Gasteiger partial charge on any atom is 0.631 e. The highest BCUT2D eigenvalue weighted by Crippen LogP contribution is 1.88. The van der Waals surface area contributed by atoms with Gasteiger partial charge in [0.05, 0.1) is 0 Å². The third-order valence-corrected chi connectivity index (χ3v) is 0.609. The van der Waals surface area contributed by atoms with E-state index in [2.05, 4.69) is 15.0 Å². The maximum atomic E-state index is 7.17. The molecule has 0 aliphatic carbocycles. The Morgan fingerprint density at radius 3 is 1.58 bits per heavy atom. The zero-order chi connectivity index (χ0) is 9.56. The standard InChI is InChI=1S/C3H5N5.BH3O3/c4-2-6-1-7-3(5)8-2;2-1(3)4/h1H,(H4,4,5,6,7,8);2-4H. The highest BCUT2D eigenvalue weighted by molar-refractivity contribution is 6.30. The molecule has 0 radical (unpaired) electrons. The van der Waals surface area contributed by atoms with E-state index in [1.807, 2.05) is 0 Å². The van der Waals surface area contributed by atoms with Crippen LogP contribution in [0.5, 0.6) is 0 Å². The first kappa shape index (κ1) is 10.6. The zero-order valence-corrected chi connectivity index (χ0v) is 5.99. The van der Waals surface area contributed by atoms with E-state index < -0.39 is 7.32 Å². The molecule has 0 aromatic carbocycles. The third kappa shape index (κ3) is 6.67. The van der Waals surface area contributed by atoms with E-state index in [0.29, 0.717) is 0 Å². The molecule has 1 aromatic rings. The summed E-state index contributed by atoms with van der Waals surface area (Å²) in [4.78, 5) is 10.5. The van der Waals surface area contributed by atoms with Crippen molar-refractivity contribution in [2.75, 3.05) is 11.5 Å². The Kier molecular flexibility index (Phi) is 4.61. The summed E-state index contributed by atoms with van der Waals surface area (Å²) in [6.45, 7) is 0. The van der Waals surface area contributed by atoms with Gasteiger partial charge < -0.3 is 26.5 Å². The lowest BCUT2D eigenvalue weighted by molar-refractivity contribution is 0.278. The van der Waals surface area contributed by atoms with Crippen LogP contribution in [0.3, 0.4) is 0 Å². The van der Waals surface area contributed by atoms with Gasteiger partial charge in [-0.15, -0.1) is 0 Å². The van der Waals surface area contributed by atoms with Crippen molar-refractivity contribution in [2.45, 2.75) is 0 Å². The minimum absolute atomic E-state index is 0.150. The van der Waals surface area contributed by atoms with Crippen LogP contribution < -0.4 is 11.5 Å². The van der Waals surface area contributed by atoms with Gasteiger partial charge in [0.2, 0.25) is 11.9 Å². The Morgan fingerprint density at radius 2 is 1.42 bits per heavy atom. The highest BCUT2D eigenvalue weighted by Gasteiger charge is 1.92. The first-order chi connectivity index (χ1) is 5.52. The molecular weight excluding hydrogens is 165 g/mol. The van der Waals surface area contributed by atoms with E-state index in [1.54, 1.807) is 0 Å². The highest BCUT2D eigenvalue weighted by atomic mass is 16.5. The lowest BCUT2D eigenvalue weighted by Gasteiger charge is -1.88. The Bertz CT molecular complexity index is 213. The van der Waals surface area contributed by atoms with Gasteiger partial charge in [0.15, 0.2) is 0 Å². The van der Waals surface area contributed by atoms with E-state index in [0.717, 1.165) is 0 Å². The molecule has 7 N–H and O–H groups in total. The molecule has 0 fully saturated rings. The van der Waals surface area contributed by atoms with Crippen LogP contribution in [0.1, 0.15) is 0 Å². The topological polar surface area (TPSA) is 151 Å². The van der Waals surface area contributed by atoms with Gasteiger partial charge in [-0.25, -0.2) is 9.97 Å². The predicted molar refractivity (Wildman–Crippen MR) is 41.1 cm³/mol. The minimum atomic E-state index is -2.17. The molecule has 9 heteroatoms. The number of nitrogen functional groups attached to an aromatic ring is 2. The monoisotopic (exact) mass is 173 g/mol. The van der Waals surface area contributed by atoms with Crippen LogP contribution in [-0.4, -0.2) is 37.3 Å². The van der Waals surface area contributed by atoms with Gasteiger partial charge in [-0.1, -0.05) is 0 Å². The minimum Gasteiger partial charge on any atom is -0.402 e. The van der Waals surface area contributed by atoms with Crippen molar-refractivity contribution in [2.24, 2.45) is 0 Å². The van der Waals surface area contributed by atoms with Crippen molar-refractivity contribution in [3.8, 4) is 0 Å². The lowest BCUT2D eigenvalue weighted by atomic mass is 10.3. The van der Waals surface area contributed by atoms with Crippen LogP contribution in [0.4, 0.5) is 11.9 Å². The summed E-state index contributed by atoms with van der Waals surface area (Å²) < 4.78 is 0. The number of hydrogen-bond donors (Lipinski definition) is 5. The van der Waals surface area contributed by atoms with Crippen molar-refractivity contribution in [1.29, 1.82) is 0 Å². The van der Waals surface area contributed by atoms with Gasteiger partial charge in [0, 0.05) is 0 Å². The van der Waals surface area contributed by atoms with E-state index in [9.17, 15) is 0 Å². The van der Waals surface area contributed by atoms with E-state index in [4.69, 9.17) is 26.5 Å². The number of hydrogen-bond acceptors (Lipinski definition) is 8.